The van der Waals surface area contributed by atoms with Crippen molar-refractivity contribution in [3.05, 3.63) is 35.4 Å². The maximum Gasteiger partial charge on any atom is 0.0945 e. The Morgan fingerprint density at radius 3 is 2.79 bits per heavy atom. The van der Waals surface area contributed by atoms with Gasteiger partial charge in [-0.3, -0.25) is 0 Å². The van der Waals surface area contributed by atoms with Crippen LogP contribution in [0.1, 0.15) is 24.2 Å². The predicted octanol–water partition coefficient (Wildman–Crippen LogP) is 2.29. The number of hydrogen-bond acceptors (Lipinski definition) is 2. The SMILES string of the molecule is CCNCC(OC)c1cccc(C)c1. The predicted molar refractivity (Wildman–Crippen MR) is 59.5 cm³/mol. The molecule has 0 aliphatic carbocycles. The average molecular weight is 193 g/mol. The van der Waals surface area contributed by atoms with Crippen molar-refractivity contribution in [3.8, 4) is 0 Å². The van der Waals surface area contributed by atoms with Gasteiger partial charge in [-0.2, -0.15) is 0 Å². The molecule has 0 bridgehead atoms. The van der Waals surface area contributed by atoms with Gasteiger partial charge in [0.25, 0.3) is 0 Å². The number of aryl methyl sites for hydroxylation is 1. The molecule has 0 saturated heterocycles. The van der Waals surface area contributed by atoms with Gasteiger partial charge < -0.3 is 10.1 Å². The van der Waals surface area contributed by atoms with Gasteiger partial charge in [0.1, 0.15) is 0 Å². The Morgan fingerprint density at radius 1 is 1.43 bits per heavy atom. The molecule has 1 aromatic carbocycles. The third-order valence-electron chi connectivity index (χ3n) is 2.28. The number of rotatable bonds is 5. The maximum atomic E-state index is 5.43. The monoisotopic (exact) mass is 193 g/mol. The smallest absolute Gasteiger partial charge is 0.0945 e. The van der Waals surface area contributed by atoms with Crippen LogP contribution in [0.3, 0.4) is 0 Å². The number of benzene rings is 1. The van der Waals surface area contributed by atoms with E-state index in [9.17, 15) is 0 Å². The zero-order chi connectivity index (χ0) is 10.4. The van der Waals surface area contributed by atoms with Crippen LogP contribution in [-0.2, 0) is 4.74 Å². The molecule has 0 amide bonds. The Kier molecular flexibility index (Phi) is 4.63. The maximum absolute atomic E-state index is 5.43. The summed E-state index contributed by atoms with van der Waals surface area (Å²) >= 11 is 0. The first-order chi connectivity index (χ1) is 6.77. The van der Waals surface area contributed by atoms with Gasteiger partial charge in [-0.15, -0.1) is 0 Å². The summed E-state index contributed by atoms with van der Waals surface area (Å²) in [6.07, 6.45) is 0.162. The number of hydrogen-bond donors (Lipinski definition) is 1. The van der Waals surface area contributed by atoms with Crippen LogP contribution in [-0.4, -0.2) is 20.2 Å². The Bertz CT molecular complexity index is 273. The fourth-order valence-corrected chi connectivity index (χ4v) is 1.48. The lowest BCUT2D eigenvalue weighted by Crippen LogP contribution is -2.22. The summed E-state index contributed by atoms with van der Waals surface area (Å²) < 4.78 is 5.43. The van der Waals surface area contributed by atoms with E-state index in [-0.39, 0.29) is 6.10 Å². The van der Waals surface area contributed by atoms with Crippen LogP contribution >= 0.6 is 0 Å². The first-order valence-corrected chi connectivity index (χ1v) is 5.08. The average Bonchev–Trinajstić information content (AvgIpc) is 2.19. The van der Waals surface area contributed by atoms with Crippen molar-refractivity contribution in [1.82, 2.24) is 5.32 Å². The molecule has 0 spiro atoms. The number of likely N-dealkylation sites (N-methyl/N-ethyl adjacent to an activating group) is 1. The van der Waals surface area contributed by atoms with Crippen molar-refractivity contribution in [2.24, 2.45) is 0 Å². The molecule has 14 heavy (non-hydrogen) atoms. The summed E-state index contributed by atoms with van der Waals surface area (Å²) in [7, 11) is 1.75. The minimum atomic E-state index is 0.162. The highest BCUT2D eigenvalue weighted by Gasteiger charge is 2.08. The molecule has 1 N–H and O–H groups in total. The Balaban J connectivity index is 2.68. The van der Waals surface area contributed by atoms with Crippen molar-refractivity contribution in [2.45, 2.75) is 20.0 Å². The zero-order valence-electron chi connectivity index (χ0n) is 9.21. The molecule has 0 heterocycles. The van der Waals surface area contributed by atoms with Crippen molar-refractivity contribution in [3.63, 3.8) is 0 Å². The highest BCUT2D eigenvalue weighted by atomic mass is 16.5. The summed E-state index contributed by atoms with van der Waals surface area (Å²) in [5, 5.41) is 3.29. The molecule has 0 aromatic heterocycles. The molecule has 1 unspecified atom stereocenters. The number of methoxy groups -OCH3 is 1. The van der Waals surface area contributed by atoms with Crippen LogP contribution < -0.4 is 5.32 Å². The standard InChI is InChI=1S/C12H19NO/c1-4-13-9-12(14-3)11-7-5-6-10(2)8-11/h5-8,12-13H,4,9H2,1-3H3. The van der Waals surface area contributed by atoms with Gasteiger partial charge in [-0.05, 0) is 19.0 Å². The molecule has 1 rings (SSSR count). The molecule has 0 aliphatic rings. The molecule has 0 fully saturated rings. The van der Waals surface area contributed by atoms with Gasteiger partial charge >= 0.3 is 0 Å². The van der Waals surface area contributed by atoms with E-state index < -0.39 is 0 Å². The largest absolute Gasteiger partial charge is 0.375 e. The molecular formula is C12H19NO. The van der Waals surface area contributed by atoms with Gasteiger partial charge in [0.2, 0.25) is 0 Å². The van der Waals surface area contributed by atoms with Crippen molar-refractivity contribution in [2.75, 3.05) is 20.2 Å². The molecule has 2 heteroatoms. The van der Waals surface area contributed by atoms with Crippen LogP contribution in [0.4, 0.5) is 0 Å². The summed E-state index contributed by atoms with van der Waals surface area (Å²) in [6, 6.07) is 8.45. The second-order valence-electron chi connectivity index (χ2n) is 3.45. The Hall–Kier alpha value is -0.860. The lowest BCUT2D eigenvalue weighted by molar-refractivity contribution is 0.103. The first-order valence-electron chi connectivity index (χ1n) is 5.08. The summed E-state index contributed by atoms with van der Waals surface area (Å²) in [5.74, 6) is 0. The second-order valence-corrected chi connectivity index (χ2v) is 3.45. The minimum absolute atomic E-state index is 0.162. The molecule has 1 atom stereocenters. The highest BCUT2D eigenvalue weighted by molar-refractivity contribution is 5.24. The van der Waals surface area contributed by atoms with E-state index in [1.54, 1.807) is 7.11 Å². The molecule has 0 radical (unpaired) electrons. The van der Waals surface area contributed by atoms with E-state index in [2.05, 4.69) is 43.4 Å². The van der Waals surface area contributed by atoms with Crippen LogP contribution in [0.15, 0.2) is 24.3 Å². The van der Waals surface area contributed by atoms with Crippen LogP contribution in [0.25, 0.3) is 0 Å². The molecule has 0 aliphatic heterocycles. The van der Waals surface area contributed by atoms with E-state index in [0.717, 1.165) is 13.1 Å². The molecule has 1 aromatic rings. The van der Waals surface area contributed by atoms with Crippen LogP contribution in [0, 0.1) is 6.92 Å². The summed E-state index contributed by atoms with van der Waals surface area (Å²) in [4.78, 5) is 0. The second kappa shape index (κ2) is 5.78. The molecular weight excluding hydrogens is 174 g/mol. The minimum Gasteiger partial charge on any atom is -0.375 e. The van der Waals surface area contributed by atoms with E-state index in [0.29, 0.717) is 0 Å². The van der Waals surface area contributed by atoms with Crippen molar-refractivity contribution < 1.29 is 4.74 Å². The topological polar surface area (TPSA) is 21.3 Å². The fourth-order valence-electron chi connectivity index (χ4n) is 1.48. The quantitative estimate of drug-likeness (QED) is 0.774. The van der Waals surface area contributed by atoms with Gasteiger partial charge in [0, 0.05) is 13.7 Å². The lowest BCUT2D eigenvalue weighted by Gasteiger charge is -2.16. The third-order valence-corrected chi connectivity index (χ3v) is 2.28. The Morgan fingerprint density at radius 2 is 2.21 bits per heavy atom. The van der Waals surface area contributed by atoms with Crippen molar-refractivity contribution >= 4 is 0 Å². The highest BCUT2D eigenvalue weighted by Crippen LogP contribution is 2.16. The summed E-state index contributed by atoms with van der Waals surface area (Å²) in [5.41, 5.74) is 2.52. The Labute approximate surface area is 86.3 Å². The van der Waals surface area contributed by atoms with Gasteiger partial charge in [0.15, 0.2) is 0 Å². The number of ether oxygens (including phenoxy) is 1. The van der Waals surface area contributed by atoms with Crippen molar-refractivity contribution in [1.29, 1.82) is 0 Å². The van der Waals surface area contributed by atoms with Crippen LogP contribution in [0.2, 0.25) is 0 Å². The fraction of sp³-hybridized carbons (Fsp3) is 0.500. The van der Waals surface area contributed by atoms with E-state index >= 15 is 0 Å². The lowest BCUT2D eigenvalue weighted by atomic mass is 10.1. The normalized spacial score (nSPS) is 12.8. The van der Waals surface area contributed by atoms with Crippen LogP contribution in [0.5, 0.6) is 0 Å². The van der Waals surface area contributed by atoms with Gasteiger partial charge in [-0.1, -0.05) is 36.8 Å². The molecule has 2 nitrogen and oxygen atoms in total. The third kappa shape index (κ3) is 3.13. The van der Waals surface area contributed by atoms with E-state index in [4.69, 9.17) is 4.74 Å². The van der Waals surface area contributed by atoms with Gasteiger partial charge in [0.05, 0.1) is 6.10 Å². The first kappa shape index (κ1) is 11.2. The van der Waals surface area contributed by atoms with Gasteiger partial charge in [-0.25, -0.2) is 0 Å². The molecule has 0 saturated carbocycles. The number of nitrogens with one attached hydrogen (secondary N) is 1. The zero-order valence-corrected chi connectivity index (χ0v) is 9.21. The van der Waals surface area contributed by atoms with E-state index in [1.807, 2.05) is 0 Å². The van der Waals surface area contributed by atoms with E-state index in [1.165, 1.54) is 11.1 Å². The summed E-state index contributed by atoms with van der Waals surface area (Å²) in [6.45, 7) is 6.05. The molecule has 78 valence electrons.